The minimum Gasteiger partial charge on any atom is -0.463 e. The number of amides is 1. The van der Waals surface area contributed by atoms with Crippen molar-refractivity contribution in [1.29, 1.82) is 0 Å². The van der Waals surface area contributed by atoms with Crippen molar-refractivity contribution >= 4 is 23.8 Å². The van der Waals surface area contributed by atoms with Crippen LogP contribution in [-0.4, -0.2) is 67.7 Å². The maximum absolute atomic E-state index is 11.7. The molecule has 160 valence electrons. The van der Waals surface area contributed by atoms with Crippen molar-refractivity contribution in [2.75, 3.05) is 13.2 Å². The van der Waals surface area contributed by atoms with Crippen molar-refractivity contribution in [2.24, 2.45) is 5.92 Å². The van der Waals surface area contributed by atoms with E-state index in [0.29, 0.717) is 6.61 Å². The van der Waals surface area contributed by atoms with Gasteiger partial charge in [-0.05, 0) is 5.92 Å². The molecule has 0 spiro atoms. The Balaban J connectivity index is 3.24. The molecule has 1 saturated heterocycles. The van der Waals surface area contributed by atoms with E-state index in [0.717, 1.165) is 0 Å². The van der Waals surface area contributed by atoms with Crippen LogP contribution in [0.1, 0.15) is 41.5 Å². The molecule has 0 bridgehead atoms. The highest BCUT2D eigenvalue weighted by Crippen LogP contribution is 2.28. The molecule has 1 aliphatic heterocycles. The van der Waals surface area contributed by atoms with Gasteiger partial charge in [-0.25, -0.2) is 0 Å². The lowest BCUT2D eigenvalue weighted by atomic mass is 9.96. The van der Waals surface area contributed by atoms with Crippen LogP contribution in [0.4, 0.5) is 0 Å². The third-order valence-electron chi connectivity index (χ3n) is 3.67. The number of ether oxygens (including phenoxy) is 5. The largest absolute Gasteiger partial charge is 0.463 e. The third-order valence-corrected chi connectivity index (χ3v) is 3.67. The molecule has 0 aromatic heterocycles. The third kappa shape index (κ3) is 7.81. The molecule has 1 fully saturated rings. The molecule has 0 saturated carbocycles. The number of hydrogen-bond donors (Lipinski definition) is 1. The molecule has 1 rings (SSSR count). The summed E-state index contributed by atoms with van der Waals surface area (Å²) in [5, 5.41) is 2.63. The van der Waals surface area contributed by atoms with Gasteiger partial charge in [-0.1, -0.05) is 13.8 Å². The lowest BCUT2D eigenvalue weighted by Crippen LogP contribution is -2.66. The topological polar surface area (TPSA) is 126 Å². The van der Waals surface area contributed by atoms with E-state index in [4.69, 9.17) is 23.7 Å². The lowest BCUT2D eigenvalue weighted by Gasteiger charge is -2.45. The Morgan fingerprint density at radius 2 is 1.50 bits per heavy atom. The molecule has 28 heavy (non-hydrogen) atoms. The van der Waals surface area contributed by atoms with Crippen molar-refractivity contribution in [3.05, 3.63) is 0 Å². The SMILES string of the molecule is CC(=O)N[C@H]1[C@@H](OCC(C)C)O[C@@H](COC(C)=O)[C@@H](OC(C)=O)[C@H]1OC(C)=O. The summed E-state index contributed by atoms with van der Waals surface area (Å²) in [5.74, 6) is -2.11. The van der Waals surface area contributed by atoms with E-state index in [1.807, 2.05) is 13.8 Å². The van der Waals surface area contributed by atoms with Crippen LogP contribution in [0.25, 0.3) is 0 Å². The molecule has 10 nitrogen and oxygen atoms in total. The Bertz CT molecular complexity index is 577. The first-order valence-corrected chi connectivity index (χ1v) is 9.03. The summed E-state index contributed by atoms with van der Waals surface area (Å²) in [6.07, 6.45) is -4.18. The molecule has 0 radical (unpaired) electrons. The van der Waals surface area contributed by atoms with E-state index in [-0.39, 0.29) is 12.5 Å². The van der Waals surface area contributed by atoms with Crippen molar-refractivity contribution in [3.8, 4) is 0 Å². The predicted molar refractivity (Wildman–Crippen MR) is 94.8 cm³/mol. The highest BCUT2D eigenvalue weighted by molar-refractivity contribution is 5.73. The van der Waals surface area contributed by atoms with Crippen molar-refractivity contribution < 1.29 is 42.9 Å². The quantitative estimate of drug-likeness (QED) is 0.450. The molecule has 1 amide bonds. The lowest BCUT2D eigenvalue weighted by molar-refractivity contribution is -0.279. The summed E-state index contributed by atoms with van der Waals surface area (Å²) in [6, 6.07) is -0.932. The first-order valence-electron chi connectivity index (χ1n) is 9.03. The normalized spacial score (nSPS) is 27.0. The van der Waals surface area contributed by atoms with Crippen LogP contribution in [0.15, 0.2) is 0 Å². The average Bonchev–Trinajstić information content (AvgIpc) is 2.54. The number of carbonyl (C=O) groups is 4. The minimum absolute atomic E-state index is 0.159. The molecule has 0 aliphatic carbocycles. The molecule has 1 aliphatic rings. The van der Waals surface area contributed by atoms with E-state index < -0.39 is 54.5 Å². The fraction of sp³-hybridized carbons (Fsp3) is 0.778. The standard InChI is InChI=1S/C18H29NO9/c1-9(2)7-25-18-15(19-10(3)20)17(27-13(6)23)16(26-12(5)22)14(28-18)8-24-11(4)21/h9,14-18H,7-8H2,1-6H3,(H,19,20)/t14-,15+,16+,17-,18-/m0/s1. The number of hydrogen-bond acceptors (Lipinski definition) is 9. The van der Waals surface area contributed by atoms with Crippen LogP contribution in [0.2, 0.25) is 0 Å². The molecule has 10 heteroatoms. The van der Waals surface area contributed by atoms with Gasteiger partial charge in [0.15, 0.2) is 18.5 Å². The summed E-state index contributed by atoms with van der Waals surface area (Å²) in [4.78, 5) is 46.2. The fourth-order valence-corrected chi connectivity index (χ4v) is 2.72. The fourth-order valence-electron chi connectivity index (χ4n) is 2.72. The Hall–Kier alpha value is -2.20. The highest BCUT2D eigenvalue weighted by atomic mass is 16.7. The van der Waals surface area contributed by atoms with Crippen LogP contribution in [0.3, 0.4) is 0 Å². The van der Waals surface area contributed by atoms with E-state index in [1.165, 1.54) is 27.7 Å². The van der Waals surface area contributed by atoms with Gasteiger partial charge in [-0.15, -0.1) is 0 Å². The maximum Gasteiger partial charge on any atom is 0.303 e. The smallest absolute Gasteiger partial charge is 0.303 e. The summed E-state index contributed by atoms with van der Waals surface area (Å²) in [7, 11) is 0. The first kappa shape index (κ1) is 23.8. The van der Waals surface area contributed by atoms with Crippen LogP contribution in [0, 0.1) is 5.92 Å². The van der Waals surface area contributed by atoms with Crippen molar-refractivity contribution in [2.45, 2.75) is 72.2 Å². The minimum atomic E-state index is -1.11. The van der Waals surface area contributed by atoms with Crippen LogP contribution in [-0.2, 0) is 42.9 Å². The molecular formula is C18H29NO9. The maximum atomic E-state index is 11.7. The van der Waals surface area contributed by atoms with Gasteiger partial charge in [0.25, 0.3) is 0 Å². The Kier molecular flexibility index (Phi) is 9.33. The van der Waals surface area contributed by atoms with E-state index in [1.54, 1.807) is 0 Å². The molecule has 5 atom stereocenters. The van der Waals surface area contributed by atoms with Crippen molar-refractivity contribution in [3.63, 3.8) is 0 Å². The van der Waals surface area contributed by atoms with Gasteiger partial charge in [0.2, 0.25) is 5.91 Å². The second kappa shape index (κ2) is 11.0. The second-order valence-corrected chi connectivity index (χ2v) is 6.95. The zero-order valence-corrected chi connectivity index (χ0v) is 17.1. The summed E-state index contributed by atoms with van der Waals surface area (Å²) in [6.45, 7) is 8.79. The number of carbonyl (C=O) groups excluding carboxylic acids is 4. The van der Waals surface area contributed by atoms with Crippen molar-refractivity contribution in [1.82, 2.24) is 5.32 Å². The van der Waals surface area contributed by atoms with Gasteiger partial charge >= 0.3 is 17.9 Å². The monoisotopic (exact) mass is 403 g/mol. The predicted octanol–water partition coefficient (Wildman–Crippen LogP) is 0.315. The average molecular weight is 403 g/mol. The summed E-state index contributed by atoms with van der Waals surface area (Å²) >= 11 is 0. The number of rotatable bonds is 8. The molecule has 0 aromatic carbocycles. The summed E-state index contributed by atoms with van der Waals surface area (Å²) in [5.41, 5.74) is 0. The van der Waals surface area contributed by atoms with Crippen LogP contribution in [0.5, 0.6) is 0 Å². The van der Waals surface area contributed by atoms with Gasteiger partial charge in [-0.3, -0.25) is 19.2 Å². The van der Waals surface area contributed by atoms with Gasteiger partial charge in [0.05, 0.1) is 6.61 Å². The zero-order chi connectivity index (χ0) is 21.4. The van der Waals surface area contributed by atoms with Crippen LogP contribution >= 0.6 is 0 Å². The molecule has 1 heterocycles. The Morgan fingerprint density at radius 3 is 1.96 bits per heavy atom. The van der Waals surface area contributed by atoms with E-state index >= 15 is 0 Å². The Labute approximate surface area is 164 Å². The van der Waals surface area contributed by atoms with Crippen LogP contribution < -0.4 is 5.32 Å². The number of esters is 3. The molecule has 0 aromatic rings. The molecule has 1 N–H and O–H groups in total. The van der Waals surface area contributed by atoms with Gasteiger partial charge < -0.3 is 29.0 Å². The van der Waals surface area contributed by atoms with Gasteiger partial charge in [0, 0.05) is 27.7 Å². The number of nitrogens with one attached hydrogen (secondary N) is 1. The zero-order valence-electron chi connectivity index (χ0n) is 17.1. The van der Waals surface area contributed by atoms with Gasteiger partial charge in [0.1, 0.15) is 18.8 Å². The van der Waals surface area contributed by atoms with E-state index in [9.17, 15) is 19.2 Å². The van der Waals surface area contributed by atoms with Gasteiger partial charge in [-0.2, -0.15) is 0 Å². The Morgan fingerprint density at radius 1 is 0.929 bits per heavy atom. The second-order valence-electron chi connectivity index (χ2n) is 6.95. The van der Waals surface area contributed by atoms with E-state index in [2.05, 4.69) is 5.32 Å². The highest BCUT2D eigenvalue weighted by Gasteiger charge is 2.51. The summed E-state index contributed by atoms with van der Waals surface area (Å²) < 4.78 is 27.2. The molecular weight excluding hydrogens is 374 g/mol. The first-order chi connectivity index (χ1) is 13.0. The molecule has 0 unspecified atom stereocenters.